The summed E-state index contributed by atoms with van der Waals surface area (Å²) in [5.74, 6) is 0. The van der Waals surface area contributed by atoms with E-state index in [1.165, 1.54) is 148 Å². The minimum Gasteiger partial charge on any atom is -0.324 e. The minimum atomic E-state index is -1.74. The number of hydrogen-bond donors (Lipinski definition) is 0. The van der Waals surface area contributed by atoms with Crippen LogP contribution in [0.1, 0.15) is 175 Å². The highest BCUT2D eigenvalue weighted by molar-refractivity contribution is 7.62. The van der Waals surface area contributed by atoms with E-state index in [4.69, 9.17) is 0 Å². The largest absolute Gasteiger partial charge is 0.324 e. The highest BCUT2D eigenvalue weighted by atomic mass is 31.2. The Labute approximate surface area is 224 Å². The molecule has 0 aliphatic heterocycles. The van der Waals surface area contributed by atoms with E-state index in [9.17, 15) is 9.13 Å². The van der Waals surface area contributed by atoms with Gasteiger partial charge in [0.25, 0.3) is 0 Å². The Balaban J connectivity index is 0. The van der Waals surface area contributed by atoms with Crippen LogP contribution in [-0.2, 0) is 9.13 Å². The predicted molar refractivity (Wildman–Crippen MR) is 164 cm³/mol. The fraction of sp³-hybridized carbons (Fsp3) is 1.00. The third-order valence-electron chi connectivity index (χ3n) is 6.96. The lowest BCUT2D eigenvalue weighted by Crippen LogP contribution is -1.90. The van der Waals surface area contributed by atoms with Crippen molar-refractivity contribution in [2.75, 3.05) is 19.5 Å². The summed E-state index contributed by atoms with van der Waals surface area (Å²) < 4.78 is 22.0. The van der Waals surface area contributed by atoms with Crippen LogP contribution in [0.5, 0.6) is 0 Å². The van der Waals surface area contributed by atoms with Gasteiger partial charge in [0.2, 0.25) is 0 Å². The summed E-state index contributed by atoms with van der Waals surface area (Å²) in [5, 5.41) is 0. The van der Waals surface area contributed by atoms with Gasteiger partial charge in [-0.2, -0.15) is 0 Å². The highest BCUT2D eigenvalue weighted by Crippen LogP contribution is 2.36. The molecule has 0 rings (SSSR count). The van der Waals surface area contributed by atoms with Crippen molar-refractivity contribution < 1.29 is 9.13 Å². The molecular formula is C31H66O2P2. The van der Waals surface area contributed by atoms with Gasteiger partial charge in [-0.1, -0.05) is 162 Å². The Morgan fingerprint density at radius 1 is 0.514 bits per heavy atom. The van der Waals surface area contributed by atoms with Gasteiger partial charge in [-0.25, -0.2) is 0 Å². The molecular weight excluding hydrogens is 466 g/mol. The van der Waals surface area contributed by atoms with E-state index in [1.54, 1.807) is 0 Å². The van der Waals surface area contributed by atoms with Gasteiger partial charge in [-0.15, -0.1) is 0 Å². The summed E-state index contributed by atoms with van der Waals surface area (Å²) in [4.78, 5) is 0. The average Bonchev–Trinajstić information content (AvgIpc) is 2.82. The SMILES string of the molecule is CCCCCCCCCCCCCCCC(C)P=O.CCCCCCCCCCCCP(C)(C)=O. The fourth-order valence-corrected chi connectivity index (χ4v) is 5.76. The van der Waals surface area contributed by atoms with Crippen LogP contribution in [0, 0.1) is 0 Å². The molecule has 0 radical (unpaired) electrons. The van der Waals surface area contributed by atoms with Gasteiger partial charge in [-0.3, -0.25) is 4.57 Å². The summed E-state index contributed by atoms with van der Waals surface area (Å²) in [6.07, 6.45) is 33.9. The van der Waals surface area contributed by atoms with Crippen molar-refractivity contribution in [2.45, 2.75) is 181 Å². The van der Waals surface area contributed by atoms with Crippen molar-refractivity contribution in [1.29, 1.82) is 0 Å². The maximum atomic E-state index is 11.5. The Morgan fingerprint density at radius 2 is 0.800 bits per heavy atom. The molecule has 0 N–H and O–H groups in total. The number of unbranched alkanes of at least 4 members (excludes halogenated alkanes) is 21. The second-order valence-electron chi connectivity index (χ2n) is 11.5. The molecule has 0 aromatic heterocycles. The van der Waals surface area contributed by atoms with Gasteiger partial charge in [0.1, 0.15) is 0 Å². The molecule has 0 saturated heterocycles. The normalized spacial score (nSPS) is 12.5. The summed E-state index contributed by atoms with van der Waals surface area (Å²) in [5.41, 5.74) is 0.368. The summed E-state index contributed by atoms with van der Waals surface area (Å²) in [6.45, 7) is 10.4. The monoisotopic (exact) mass is 532 g/mol. The molecule has 1 atom stereocenters. The molecule has 0 saturated carbocycles. The van der Waals surface area contributed by atoms with Crippen LogP contribution < -0.4 is 0 Å². The topological polar surface area (TPSA) is 34.1 Å². The number of rotatable bonds is 26. The van der Waals surface area contributed by atoms with Gasteiger partial charge < -0.3 is 4.57 Å². The second-order valence-corrected chi connectivity index (χ2v) is 16.2. The first-order chi connectivity index (χ1) is 16.9. The van der Waals surface area contributed by atoms with Crippen molar-refractivity contribution in [1.82, 2.24) is 0 Å². The predicted octanol–water partition coefficient (Wildman–Crippen LogP) is 12.7. The van der Waals surface area contributed by atoms with Crippen molar-refractivity contribution in [3.8, 4) is 0 Å². The van der Waals surface area contributed by atoms with Crippen LogP contribution in [0.2, 0.25) is 0 Å². The van der Waals surface area contributed by atoms with Gasteiger partial charge in [-0.05, 0) is 26.2 Å². The summed E-state index contributed by atoms with van der Waals surface area (Å²) in [7, 11) is -1.41. The molecule has 1 unspecified atom stereocenters. The van der Waals surface area contributed by atoms with Gasteiger partial charge in [0.05, 0.1) is 7.14 Å². The van der Waals surface area contributed by atoms with Gasteiger partial charge >= 0.3 is 0 Å². The van der Waals surface area contributed by atoms with E-state index in [2.05, 4.69) is 20.8 Å². The maximum Gasteiger partial charge on any atom is 0.158 e. The smallest absolute Gasteiger partial charge is 0.158 e. The zero-order valence-electron chi connectivity index (χ0n) is 25.0. The standard InChI is InChI=1S/C17H35OP.C14H31OP/c1-3-4-5-6-7-8-9-10-11-12-13-14-15-16-17(2)19-18;1-4-5-6-7-8-9-10-11-12-13-14-16(2,3)15/h17H,3-16H2,1-2H3;4-14H2,1-3H3. The zero-order chi connectivity index (χ0) is 26.5. The van der Waals surface area contributed by atoms with Crippen molar-refractivity contribution >= 4 is 15.6 Å². The third-order valence-corrected chi connectivity index (χ3v) is 8.97. The van der Waals surface area contributed by atoms with E-state index in [0.717, 1.165) is 12.6 Å². The third kappa shape index (κ3) is 39.0. The molecule has 0 aromatic carbocycles. The Bertz CT molecular complexity index is 447. The Kier molecular flexibility index (Phi) is 32.7. The van der Waals surface area contributed by atoms with E-state index < -0.39 is 7.14 Å². The molecule has 0 amide bonds. The van der Waals surface area contributed by atoms with Crippen LogP contribution in [0.3, 0.4) is 0 Å². The van der Waals surface area contributed by atoms with Crippen molar-refractivity contribution in [3.63, 3.8) is 0 Å². The highest BCUT2D eigenvalue weighted by Gasteiger charge is 2.05. The van der Waals surface area contributed by atoms with Crippen molar-refractivity contribution in [3.05, 3.63) is 0 Å². The number of hydrogen-bond acceptors (Lipinski definition) is 2. The van der Waals surface area contributed by atoms with E-state index in [0.29, 0.717) is 14.1 Å². The van der Waals surface area contributed by atoms with Crippen LogP contribution in [0.4, 0.5) is 0 Å². The molecule has 4 heteroatoms. The zero-order valence-corrected chi connectivity index (χ0v) is 26.8. The van der Waals surface area contributed by atoms with Crippen LogP contribution in [0.25, 0.3) is 0 Å². The molecule has 0 aliphatic carbocycles. The van der Waals surface area contributed by atoms with Gasteiger partial charge in [0, 0.05) is 11.8 Å². The average molecular weight is 533 g/mol. The van der Waals surface area contributed by atoms with Crippen LogP contribution >= 0.6 is 15.6 Å². The van der Waals surface area contributed by atoms with Crippen LogP contribution in [0.15, 0.2) is 0 Å². The molecule has 0 spiro atoms. The molecule has 212 valence electrons. The molecule has 0 aromatic rings. The summed E-state index contributed by atoms with van der Waals surface area (Å²) >= 11 is 0. The van der Waals surface area contributed by atoms with E-state index in [1.807, 2.05) is 13.3 Å². The fourth-order valence-electron chi connectivity index (χ4n) is 4.49. The molecule has 2 nitrogen and oxygen atoms in total. The molecule has 35 heavy (non-hydrogen) atoms. The Hall–Kier alpha value is 0.330. The minimum absolute atomic E-state index is 0.326. The van der Waals surface area contributed by atoms with Crippen LogP contribution in [-0.4, -0.2) is 25.2 Å². The molecule has 0 bridgehead atoms. The van der Waals surface area contributed by atoms with E-state index >= 15 is 0 Å². The van der Waals surface area contributed by atoms with E-state index in [-0.39, 0.29) is 0 Å². The maximum absolute atomic E-state index is 11.5. The lowest BCUT2D eigenvalue weighted by molar-refractivity contribution is 0.533. The molecule has 0 fully saturated rings. The first-order valence-corrected chi connectivity index (χ1v) is 19.4. The lowest BCUT2D eigenvalue weighted by Gasteiger charge is -2.05. The van der Waals surface area contributed by atoms with Gasteiger partial charge in [0.15, 0.2) is 8.46 Å². The summed E-state index contributed by atoms with van der Waals surface area (Å²) in [6, 6.07) is 0. The first kappa shape index (κ1) is 37.5. The lowest BCUT2D eigenvalue weighted by atomic mass is 10.0. The Morgan fingerprint density at radius 3 is 1.09 bits per heavy atom. The molecule has 0 heterocycles. The molecule has 0 aliphatic rings. The second kappa shape index (κ2) is 30.6. The quantitative estimate of drug-likeness (QED) is 0.0820. The first-order valence-electron chi connectivity index (χ1n) is 15.7. The van der Waals surface area contributed by atoms with Crippen molar-refractivity contribution in [2.24, 2.45) is 0 Å².